The molecule has 0 bridgehead atoms. The molecule has 0 rings (SSSR count). The van der Waals surface area contributed by atoms with E-state index in [-0.39, 0.29) is 5.91 Å². The summed E-state index contributed by atoms with van der Waals surface area (Å²) in [7, 11) is 0. The van der Waals surface area contributed by atoms with Crippen LogP contribution in [-0.2, 0) is 4.79 Å². The van der Waals surface area contributed by atoms with Crippen molar-refractivity contribution in [3.8, 4) is 0 Å². The van der Waals surface area contributed by atoms with Gasteiger partial charge in [0, 0.05) is 13.0 Å². The Balaban J connectivity index is 3.20. The summed E-state index contributed by atoms with van der Waals surface area (Å²) in [5.41, 5.74) is 5.47. The van der Waals surface area contributed by atoms with Crippen LogP contribution in [0.15, 0.2) is 0 Å². The van der Waals surface area contributed by atoms with Crippen LogP contribution in [0.1, 0.15) is 39.5 Å². The smallest absolute Gasteiger partial charge is 0.219 e. The Morgan fingerprint density at radius 2 is 2.23 bits per heavy atom. The normalized spacial score (nSPS) is 12.5. The molecule has 0 aromatic heterocycles. The van der Waals surface area contributed by atoms with Gasteiger partial charge in [0.25, 0.3) is 0 Å². The Labute approximate surface area is 81.1 Å². The van der Waals surface area contributed by atoms with Crippen LogP contribution < -0.4 is 11.1 Å². The topological polar surface area (TPSA) is 55.1 Å². The number of nitrogens with one attached hydrogen (secondary N) is 1. The number of hydrogen-bond donors (Lipinski definition) is 2. The predicted molar refractivity (Wildman–Crippen MR) is 55.4 cm³/mol. The maximum absolute atomic E-state index is 11.0. The summed E-state index contributed by atoms with van der Waals surface area (Å²) >= 11 is 0. The van der Waals surface area contributed by atoms with Crippen LogP contribution in [0.2, 0.25) is 0 Å². The van der Waals surface area contributed by atoms with E-state index in [1.54, 1.807) is 0 Å². The van der Waals surface area contributed by atoms with Crippen LogP contribution >= 0.6 is 0 Å². The Morgan fingerprint density at radius 1 is 1.54 bits per heavy atom. The van der Waals surface area contributed by atoms with Gasteiger partial charge in [-0.3, -0.25) is 4.79 Å². The van der Waals surface area contributed by atoms with Gasteiger partial charge in [0.15, 0.2) is 0 Å². The van der Waals surface area contributed by atoms with Gasteiger partial charge in [-0.15, -0.1) is 0 Å². The first kappa shape index (κ1) is 12.4. The summed E-state index contributed by atoms with van der Waals surface area (Å²) < 4.78 is 0. The molecule has 1 amide bonds. The lowest BCUT2D eigenvalue weighted by Gasteiger charge is -2.08. The molecular formula is C10H22N2O. The average molecular weight is 186 g/mol. The van der Waals surface area contributed by atoms with Gasteiger partial charge in [-0.05, 0) is 31.7 Å². The minimum absolute atomic E-state index is 0.169. The second kappa shape index (κ2) is 8.05. The van der Waals surface area contributed by atoms with Crippen molar-refractivity contribution in [1.29, 1.82) is 0 Å². The Bertz CT molecular complexity index is 137. The molecule has 0 radical (unpaired) electrons. The second-order valence-electron chi connectivity index (χ2n) is 3.58. The maximum Gasteiger partial charge on any atom is 0.219 e. The molecule has 3 heteroatoms. The Hall–Kier alpha value is -0.570. The average Bonchev–Trinajstić information content (AvgIpc) is 2.12. The molecule has 0 aliphatic carbocycles. The highest BCUT2D eigenvalue weighted by atomic mass is 16.1. The van der Waals surface area contributed by atoms with Crippen LogP contribution in [0.4, 0.5) is 0 Å². The van der Waals surface area contributed by atoms with Gasteiger partial charge in [-0.2, -0.15) is 0 Å². The van der Waals surface area contributed by atoms with Gasteiger partial charge in [0.1, 0.15) is 0 Å². The predicted octanol–water partition coefficient (Wildman–Crippen LogP) is 1.28. The van der Waals surface area contributed by atoms with Gasteiger partial charge in [-0.25, -0.2) is 0 Å². The SMILES string of the molecule is CCCC(=O)NCCCC(C)CN. The van der Waals surface area contributed by atoms with Crippen LogP contribution in [0.5, 0.6) is 0 Å². The molecule has 0 saturated carbocycles. The highest BCUT2D eigenvalue weighted by Crippen LogP contribution is 2.01. The molecule has 0 heterocycles. The van der Waals surface area contributed by atoms with Crippen molar-refractivity contribution in [1.82, 2.24) is 5.32 Å². The Kier molecular flexibility index (Phi) is 7.69. The molecule has 1 atom stereocenters. The molecule has 13 heavy (non-hydrogen) atoms. The summed E-state index contributed by atoms with van der Waals surface area (Å²) in [6, 6.07) is 0. The van der Waals surface area contributed by atoms with Crippen molar-refractivity contribution in [2.75, 3.05) is 13.1 Å². The zero-order valence-corrected chi connectivity index (χ0v) is 8.81. The first-order valence-electron chi connectivity index (χ1n) is 5.17. The third kappa shape index (κ3) is 7.78. The number of nitrogens with two attached hydrogens (primary N) is 1. The second-order valence-corrected chi connectivity index (χ2v) is 3.58. The number of carbonyl (C=O) groups is 1. The molecular weight excluding hydrogens is 164 g/mol. The van der Waals surface area contributed by atoms with E-state index < -0.39 is 0 Å². The van der Waals surface area contributed by atoms with Crippen molar-refractivity contribution in [3.63, 3.8) is 0 Å². The number of carbonyl (C=O) groups excluding carboxylic acids is 1. The molecule has 3 nitrogen and oxygen atoms in total. The summed E-state index contributed by atoms with van der Waals surface area (Å²) in [5.74, 6) is 0.742. The molecule has 78 valence electrons. The molecule has 0 aromatic rings. The van der Waals surface area contributed by atoms with Gasteiger partial charge >= 0.3 is 0 Å². The van der Waals surface area contributed by atoms with Crippen LogP contribution in [-0.4, -0.2) is 19.0 Å². The molecule has 0 fully saturated rings. The molecule has 0 aliphatic rings. The monoisotopic (exact) mass is 186 g/mol. The fourth-order valence-corrected chi connectivity index (χ4v) is 1.11. The van der Waals surface area contributed by atoms with E-state index in [0.717, 1.165) is 32.4 Å². The number of amides is 1. The summed E-state index contributed by atoms with van der Waals surface area (Å²) in [6.07, 6.45) is 3.70. The molecule has 0 aliphatic heterocycles. The van der Waals surface area contributed by atoms with Gasteiger partial charge in [0.05, 0.1) is 0 Å². The van der Waals surface area contributed by atoms with Crippen molar-refractivity contribution >= 4 is 5.91 Å². The van der Waals surface area contributed by atoms with Crippen LogP contribution in [0.25, 0.3) is 0 Å². The fraction of sp³-hybridized carbons (Fsp3) is 0.900. The van der Waals surface area contributed by atoms with Crippen LogP contribution in [0.3, 0.4) is 0 Å². The minimum atomic E-state index is 0.169. The first-order valence-corrected chi connectivity index (χ1v) is 5.17. The van der Waals surface area contributed by atoms with Crippen molar-refractivity contribution < 1.29 is 4.79 Å². The summed E-state index contributed by atoms with van der Waals surface area (Å²) in [4.78, 5) is 11.0. The zero-order chi connectivity index (χ0) is 10.1. The lowest BCUT2D eigenvalue weighted by atomic mass is 10.1. The van der Waals surface area contributed by atoms with Crippen molar-refractivity contribution in [3.05, 3.63) is 0 Å². The lowest BCUT2D eigenvalue weighted by Crippen LogP contribution is -2.24. The standard InChI is InChI=1S/C10H22N2O/c1-3-5-10(13)12-7-4-6-9(2)8-11/h9H,3-8,11H2,1-2H3,(H,12,13). The van der Waals surface area contributed by atoms with Gasteiger partial charge in [0.2, 0.25) is 5.91 Å². The molecule has 3 N–H and O–H groups in total. The molecule has 0 aromatic carbocycles. The van der Waals surface area contributed by atoms with E-state index in [4.69, 9.17) is 5.73 Å². The number of rotatable bonds is 7. The third-order valence-electron chi connectivity index (χ3n) is 2.08. The van der Waals surface area contributed by atoms with Gasteiger partial charge < -0.3 is 11.1 Å². The third-order valence-corrected chi connectivity index (χ3v) is 2.08. The zero-order valence-electron chi connectivity index (χ0n) is 8.81. The van der Waals surface area contributed by atoms with E-state index in [2.05, 4.69) is 12.2 Å². The number of hydrogen-bond acceptors (Lipinski definition) is 2. The molecule has 0 saturated heterocycles. The quantitative estimate of drug-likeness (QED) is 0.588. The lowest BCUT2D eigenvalue weighted by molar-refractivity contribution is -0.121. The highest BCUT2D eigenvalue weighted by Gasteiger charge is 2.00. The van der Waals surface area contributed by atoms with Crippen LogP contribution in [0, 0.1) is 5.92 Å². The minimum Gasteiger partial charge on any atom is -0.356 e. The van der Waals surface area contributed by atoms with Crippen molar-refractivity contribution in [2.45, 2.75) is 39.5 Å². The van der Waals surface area contributed by atoms with Crippen molar-refractivity contribution in [2.24, 2.45) is 11.7 Å². The van der Waals surface area contributed by atoms with E-state index in [9.17, 15) is 4.79 Å². The summed E-state index contributed by atoms with van der Waals surface area (Å²) in [6.45, 7) is 5.68. The fourth-order valence-electron chi connectivity index (χ4n) is 1.11. The highest BCUT2D eigenvalue weighted by molar-refractivity contribution is 5.75. The van der Waals surface area contributed by atoms with E-state index in [0.29, 0.717) is 12.3 Å². The molecule has 1 unspecified atom stereocenters. The Morgan fingerprint density at radius 3 is 2.77 bits per heavy atom. The largest absolute Gasteiger partial charge is 0.356 e. The first-order chi connectivity index (χ1) is 6.20. The van der Waals surface area contributed by atoms with E-state index >= 15 is 0 Å². The molecule has 0 spiro atoms. The van der Waals surface area contributed by atoms with Gasteiger partial charge in [-0.1, -0.05) is 13.8 Å². The summed E-state index contributed by atoms with van der Waals surface area (Å²) in [5, 5.41) is 2.88. The van der Waals surface area contributed by atoms with E-state index in [1.807, 2.05) is 6.92 Å². The van der Waals surface area contributed by atoms with E-state index in [1.165, 1.54) is 0 Å². The maximum atomic E-state index is 11.0.